The number of benzene rings is 2. The molecule has 0 aliphatic heterocycles. The van der Waals surface area contributed by atoms with Crippen molar-refractivity contribution in [3.05, 3.63) is 59.0 Å². The summed E-state index contributed by atoms with van der Waals surface area (Å²) in [5.41, 5.74) is 1.44. The Kier molecular flexibility index (Phi) is 4.43. The Balaban J connectivity index is 1.95. The minimum atomic E-state index is -0.466. The lowest BCUT2D eigenvalue weighted by atomic mass is 10.1. The molecule has 6 heteroatoms. The third-order valence-electron chi connectivity index (χ3n) is 3.72. The smallest absolute Gasteiger partial charge is 0.414 e. The van der Waals surface area contributed by atoms with Gasteiger partial charge in [0, 0.05) is 20.2 Å². The molecule has 2 aromatic carbocycles. The van der Waals surface area contributed by atoms with Crippen molar-refractivity contribution in [2.75, 3.05) is 21.2 Å². The summed E-state index contributed by atoms with van der Waals surface area (Å²) in [6.07, 6.45) is 0.956. The average Bonchev–Trinajstić information content (AvgIpc) is 2.62. The van der Waals surface area contributed by atoms with Crippen molar-refractivity contribution < 1.29 is 18.7 Å². The number of fused-ring (bicyclic) bond motifs is 1. The van der Waals surface area contributed by atoms with Crippen molar-refractivity contribution >= 4 is 17.1 Å². The second-order valence-electron chi connectivity index (χ2n) is 5.63. The number of methoxy groups -OCH3 is 1. The first-order valence-corrected chi connectivity index (χ1v) is 7.58. The van der Waals surface area contributed by atoms with Crippen molar-refractivity contribution in [2.24, 2.45) is 0 Å². The third-order valence-corrected chi connectivity index (χ3v) is 3.72. The molecule has 1 aromatic heterocycles. The number of hydrogen-bond acceptors (Lipinski definition) is 5. The van der Waals surface area contributed by atoms with Crippen LogP contribution in [0.15, 0.2) is 57.9 Å². The quantitative estimate of drug-likeness (QED) is 0.730. The molecule has 0 radical (unpaired) electrons. The Morgan fingerprint density at radius 3 is 2.36 bits per heavy atom. The Bertz CT molecular complexity index is 973. The molecular weight excluding hydrogens is 322 g/mol. The fourth-order valence-corrected chi connectivity index (χ4v) is 2.33. The second kappa shape index (κ2) is 6.68. The van der Waals surface area contributed by atoms with Crippen LogP contribution < -0.4 is 14.9 Å². The molecule has 1 heterocycles. The van der Waals surface area contributed by atoms with E-state index in [0.717, 1.165) is 0 Å². The molecule has 0 fully saturated rings. The maximum atomic E-state index is 12.7. The monoisotopic (exact) mass is 339 g/mol. The first-order chi connectivity index (χ1) is 12.0. The van der Waals surface area contributed by atoms with Gasteiger partial charge < -0.3 is 18.8 Å². The number of amides is 1. The lowest BCUT2D eigenvalue weighted by Gasteiger charge is -2.11. The molecule has 3 rings (SSSR count). The number of carbonyl (C=O) groups excluding carboxylic acids is 1. The highest BCUT2D eigenvalue weighted by molar-refractivity contribution is 5.82. The van der Waals surface area contributed by atoms with Gasteiger partial charge in [0.2, 0.25) is 0 Å². The molecule has 0 aliphatic rings. The fraction of sp³-hybridized carbons (Fsp3) is 0.158. The lowest BCUT2D eigenvalue weighted by Crippen LogP contribution is -2.25. The molecule has 0 N–H and O–H groups in total. The highest BCUT2D eigenvalue weighted by Crippen LogP contribution is 2.24. The summed E-state index contributed by atoms with van der Waals surface area (Å²) in [5.74, 6) is 1.02. The summed E-state index contributed by atoms with van der Waals surface area (Å²) in [5, 5.41) is 0.474. The first-order valence-electron chi connectivity index (χ1n) is 7.58. The zero-order valence-corrected chi connectivity index (χ0v) is 14.1. The van der Waals surface area contributed by atoms with Crippen molar-refractivity contribution in [2.45, 2.75) is 0 Å². The molecule has 0 unspecified atom stereocenters. The number of carbonyl (C=O) groups is 1. The molecular formula is C19H17NO5. The highest BCUT2D eigenvalue weighted by Gasteiger charge is 2.11. The summed E-state index contributed by atoms with van der Waals surface area (Å²) >= 11 is 0. The van der Waals surface area contributed by atoms with Crippen molar-refractivity contribution in [3.8, 4) is 22.6 Å². The molecule has 0 saturated heterocycles. The molecule has 128 valence electrons. The first kappa shape index (κ1) is 16.6. The van der Waals surface area contributed by atoms with E-state index >= 15 is 0 Å². The van der Waals surface area contributed by atoms with Crippen LogP contribution in [0, 0.1) is 0 Å². The summed E-state index contributed by atoms with van der Waals surface area (Å²) in [4.78, 5) is 25.6. The summed E-state index contributed by atoms with van der Waals surface area (Å²) in [6.45, 7) is 0. The van der Waals surface area contributed by atoms with Gasteiger partial charge in [0.15, 0.2) is 5.43 Å². The van der Waals surface area contributed by atoms with Gasteiger partial charge >= 0.3 is 6.09 Å². The van der Waals surface area contributed by atoms with Gasteiger partial charge in [0.1, 0.15) is 23.3 Å². The largest absolute Gasteiger partial charge is 0.497 e. The zero-order valence-electron chi connectivity index (χ0n) is 14.1. The molecule has 0 spiro atoms. The highest BCUT2D eigenvalue weighted by atomic mass is 16.6. The number of nitrogens with zero attached hydrogens (tertiary/aromatic N) is 1. The van der Waals surface area contributed by atoms with Crippen LogP contribution in [0.1, 0.15) is 0 Å². The molecule has 6 nitrogen and oxygen atoms in total. The van der Waals surface area contributed by atoms with Crippen LogP contribution in [-0.2, 0) is 0 Å². The molecule has 1 amide bonds. The van der Waals surface area contributed by atoms with Gasteiger partial charge in [0.25, 0.3) is 0 Å². The fourth-order valence-electron chi connectivity index (χ4n) is 2.33. The number of rotatable bonds is 3. The van der Waals surface area contributed by atoms with Crippen LogP contribution in [-0.4, -0.2) is 32.2 Å². The molecule has 0 atom stereocenters. The molecule has 0 aliphatic carbocycles. The SMILES string of the molecule is COc1ccc2c(=O)c(-c3ccc(OC(=O)N(C)C)cc3)coc2c1. The minimum absolute atomic E-state index is 0.137. The van der Waals surface area contributed by atoms with E-state index < -0.39 is 6.09 Å². The number of ether oxygens (including phenoxy) is 2. The normalized spacial score (nSPS) is 10.5. The van der Waals surface area contributed by atoms with E-state index in [1.807, 2.05) is 0 Å². The van der Waals surface area contributed by atoms with Gasteiger partial charge in [0.05, 0.1) is 18.1 Å². The predicted molar refractivity (Wildman–Crippen MR) is 94.2 cm³/mol. The molecule has 0 saturated carbocycles. The van der Waals surface area contributed by atoms with Crippen LogP contribution >= 0.6 is 0 Å². The van der Waals surface area contributed by atoms with E-state index in [0.29, 0.717) is 33.6 Å². The van der Waals surface area contributed by atoms with E-state index in [2.05, 4.69) is 0 Å². The van der Waals surface area contributed by atoms with Crippen LogP contribution in [0.4, 0.5) is 4.79 Å². The van der Waals surface area contributed by atoms with E-state index in [1.54, 1.807) is 63.7 Å². The van der Waals surface area contributed by atoms with Gasteiger partial charge in [-0.3, -0.25) is 4.79 Å². The minimum Gasteiger partial charge on any atom is -0.497 e. The summed E-state index contributed by atoms with van der Waals surface area (Å²) in [6, 6.07) is 11.7. The van der Waals surface area contributed by atoms with Gasteiger partial charge in [-0.05, 0) is 29.8 Å². The lowest BCUT2D eigenvalue weighted by molar-refractivity contribution is 0.172. The second-order valence-corrected chi connectivity index (χ2v) is 5.63. The van der Waals surface area contributed by atoms with Gasteiger partial charge in [-0.2, -0.15) is 0 Å². The maximum Gasteiger partial charge on any atom is 0.414 e. The van der Waals surface area contributed by atoms with E-state index in [-0.39, 0.29) is 5.43 Å². The van der Waals surface area contributed by atoms with Crippen LogP contribution in [0.5, 0.6) is 11.5 Å². The van der Waals surface area contributed by atoms with Gasteiger partial charge in [-0.25, -0.2) is 4.79 Å². The third kappa shape index (κ3) is 3.33. The number of hydrogen-bond donors (Lipinski definition) is 0. The average molecular weight is 339 g/mol. The van der Waals surface area contributed by atoms with Gasteiger partial charge in [-0.1, -0.05) is 12.1 Å². The molecule has 0 bridgehead atoms. The Morgan fingerprint density at radius 1 is 1.04 bits per heavy atom. The predicted octanol–water partition coefficient (Wildman–Crippen LogP) is 3.53. The molecule has 25 heavy (non-hydrogen) atoms. The van der Waals surface area contributed by atoms with E-state index in [4.69, 9.17) is 13.9 Å². The summed E-state index contributed by atoms with van der Waals surface area (Å²) < 4.78 is 15.9. The standard InChI is InChI=1S/C19H17NO5/c1-20(2)19(22)25-13-6-4-12(5-7-13)16-11-24-17-10-14(23-3)8-9-15(17)18(16)21/h4-11H,1-3H3. The Morgan fingerprint density at radius 2 is 1.72 bits per heavy atom. The van der Waals surface area contributed by atoms with E-state index in [1.165, 1.54) is 11.2 Å². The van der Waals surface area contributed by atoms with Crippen LogP contribution in [0.2, 0.25) is 0 Å². The maximum absolute atomic E-state index is 12.7. The van der Waals surface area contributed by atoms with Crippen molar-refractivity contribution in [1.29, 1.82) is 0 Å². The Hall–Kier alpha value is -3.28. The van der Waals surface area contributed by atoms with Crippen molar-refractivity contribution in [3.63, 3.8) is 0 Å². The van der Waals surface area contributed by atoms with Gasteiger partial charge in [-0.15, -0.1) is 0 Å². The van der Waals surface area contributed by atoms with E-state index in [9.17, 15) is 9.59 Å². The topological polar surface area (TPSA) is 69.0 Å². The summed E-state index contributed by atoms with van der Waals surface area (Å²) in [7, 11) is 4.76. The van der Waals surface area contributed by atoms with Crippen LogP contribution in [0.3, 0.4) is 0 Å². The van der Waals surface area contributed by atoms with Crippen LogP contribution in [0.25, 0.3) is 22.1 Å². The molecule has 3 aromatic rings. The Labute approximate surface area is 144 Å². The zero-order chi connectivity index (χ0) is 18.0. The van der Waals surface area contributed by atoms with Crippen molar-refractivity contribution in [1.82, 2.24) is 4.90 Å².